The van der Waals surface area contributed by atoms with E-state index < -0.39 is 0 Å². The van der Waals surface area contributed by atoms with Gasteiger partial charge in [0.2, 0.25) is 0 Å². The van der Waals surface area contributed by atoms with Gasteiger partial charge < -0.3 is 4.90 Å². The van der Waals surface area contributed by atoms with Crippen molar-refractivity contribution in [2.75, 3.05) is 19.5 Å². The minimum Gasteiger partial charge on any atom is -0.342 e. The number of unbranched alkanes of at least 4 members (excludes halogenated alkanes) is 2. The fraction of sp³-hybridized carbons (Fsp3) is 0.533. The number of carbonyl (C=O) groups excluding carboxylic acids is 1. The van der Waals surface area contributed by atoms with Crippen LogP contribution in [0.4, 0.5) is 0 Å². The molecule has 0 fully saturated rings. The number of amides is 1. The van der Waals surface area contributed by atoms with Gasteiger partial charge in [0.15, 0.2) is 0 Å². The van der Waals surface area contributed by atoms with E-state index in [0.29, 0.717) is 5.88 Å². The first kappa shape index (κ1) is 15.0. The van der Waals surface area contributed by atoms with E-state index in [4.69, 9.17) is 11.6 Å². The van der Waals surface area contributed by atoms with E-state index in [1.165, 1.54) is 5.56 Å². The molecular formula is C15H22ClNO. The Morgan fingerprint density at radius 1 is 1.17 bits per heavy atom. The van der Waals surface area contributed by atoms with Crippen LogP contribution < -0.4 is 0 Å². The molecule has 1 amide bonds. The number of carbonyl (C=O) groups is 1. The Morgan fingerprint density at radius 2 is 1.83 bits per heavy atom. The summed E-state index contributed by atoms with van der Waals surface area (Å²) < 4.78 is 0. The van der Waals surface area contributed by atoms with Crippen LogP contribution in [0.25, 0.3) is 0 Å². The van der Waals surface area contributed by atoms with Crippen molar-refractivity contribution in [3.8, 4) is 0 Å². The van der Waals surface area contributed by atoms with Crippen LogP contribution >= 0.6 is 11.6 Å². The van der Waals surface area contributed by atoms with E-state index >= 15 is 0 Å². The molecule has 0 radical (unpaired) electrons. The third-order valence-corrected chi connectivity index (χ3v) is 3.35. The van der Waals surface area contributed by atoms with Crippen molar-refractivity contribution in [3.63, 3.8) is 0 Å². The summed E-state index contributed by atoms with van der Waals surface area (Å²) >= 11 is 5.62. The van der Waals surface area contributed by atoms with E-state index in [2.05, 4.69) is 6.92 Å². The van der Waals surface area contributed by atoms with Crippen LogP contribution in [0, 0.1) is 0 Å². The zero-order chi connectivity index (χ0) is 13.4. The molecule has 0 unspecified atom stereocenters. The van der Waals surface area contributed by atoms with Crippen molar-refractivity contribution in [1.82, 2.24) is 4.90 Å². The Labute approximate surface area is 115 Å². The normalized spacial score (nSPS) is 10.4. The summed E-state index contributed by atoms with van der Waals surface area (Å²) in [5.41, 5.74) is 2.03. The molecule has 1 rings (SSSR count). The van der Waals surface area contributed by atoms with Gasteiger partial charge in [0, 0.05) is 25.0 Å². The largest absolute Gasteiger partial charge is 0.342 e. The van der Waals surface area contributed by atoms with Gasteiger partial charge in [-0.1, -0.05) is 25.5 Å². The van der Waals surface area contributed by atoms with Gasteiger partial charge in [0.1, 0.15) is 0 Å². The first-order valence-electron chi connectivity index (χ1n) is 6.59. The van der Waals surface area contributed by atoms with Crippen molar-refractivity contribution < 1.29 is 4.79 Å². The maximum absolute atomic E-state index is 12.1. The first-order valence-corrected chi connectivity index (χ1v) is 7.12. The van der Waals surface area contributed by atoms with Crippen LogP contribution in [-0.2, 0) is 6.42 Å². The molecule has 0 N–H and O–H groups in total. The Balaban J connectivity index is 2.46. The Morgan fingerprint density at radius 3 is 2.39 bits per heavy atom. The summed E-state index contributed by atoms with van der Waals surface area (Å²) in [6.07, 6.45) is 4.12. The molecule has 2 nitrogen and oxygen atoms in total. The molecule has 0 spiro atoms. The number of nitrogens with zero attached hydrogens (tertiary/aromatic N) is 1. The van der Waals surface area contributed by atoms with Crippen LogP contribution in [0.2, 0.25) is 0 Å². The van der Waals surface area contributed by atoms with E-state index in [9.17, 15) is 4.79 Å². The molecule has 1 aromatic rings. The van der Waals surface area contributed by atoms with Crippen LogP contribution in [0.1, 0.15) is 42.1 Å². The molecule has 0 aliphatic carbocycles. The average molecular weight is 268 g/mol. The van der Waals surface area contributed by atoms with Crippen molar-refractivity contribution in [2.24, 2.45) is 0 Å². The summed E-state index contributed by atoms with van der Waals surface area (Å²) in [5, 5.41) is 0. The number of halogens is 1. The molecule has 1 aromatic carbocycles. The van der Waals surface area contributed by atoms with Crippen molar-refractivity contribution in [3.05, 3.63) is 35.4 Å². The smallest absolute Gasteiger partial charge is 0.253 e. The highest BCUT2D eigenvalue weighted by atomic mass is 35.5. The molecular weight excluding hydrogens is 246 g/mol. The molecule has 0 heterocycles. The lowest BCUT2D eigenvalue weighted by molar-refractivity contribution is 0.0792. The maximum Gasteiger partial charge on any atom is 0.253 e. The lowest BCUT2D eigenvalue weighted by Crippen LogP contribution is -2.27. The Hall–Kier alpha value is -1.02. The minimum absolute atomic E-state index is 0.100. The number of benzene rings is 1. The zero-order valence-electron chi connectivity index (χ0n) is 11.3. The van der Waals surface area contributed by atoms with Gasteiger partial charge in [-0.05, 0) is 37.0 Å². The van der Waals surface area contributed by atoms with Gasteiger partial charge in [-0.3, -0.25) is 4.79 Å². The fourth-order valence-electron chi connectivity index (χ4n) is 1.83. The Bertz CT molecular complexity index is 361. The second-order valence-corrected chi connectivity index (χ2v) is 4.90. The van der Waals surface area contributed by atoms with Gasteiger partial charge in [-0.2, -0.15) is 0 Å². The predicted octanol–water partition coefficient (Wildman–Crippen LogP) is 3.73. The van der Waals surface area contributed by atoms with Crippen LogP contribution in [-0.4, -0.2) is 30.3 Å². The van der Waals surface area contributed by atoms with Crippen molar-refractivity contribution in [2.45, 2.75) is 32.6 Å². The quantitative estimate of drug-likeness (QED) is 0.545. The first-order chi connectivity index (χ1) is 8.69. The van der Waals surface area contributed by atoms with E-state index in [0.717, 1.165) is 37.8 Å². The summed E-state index contributed by atoms with van der Waals surface area (Å²) in [4.78, 5) is 13.9. The average Bonchev–Trinajstić information content (AvgIpc) is 2.42. The second kappa shape index (κ2) is 8.15. The summed E-state index contributed by atoms with van der Waals surface area (Å²) in [7, 11) is 1.86. The van der Waals surface area contributed by atoms with E-state index in [1.807, 2.05) is 31.3 Å². The third kappa shape index (κ3) is 4.69. The zero-order valence-corrected chi connectivity index (χ0v) is 12.0. The van der Waals surface area contributed by atoms with Crippen LogP contribution in [0.5, 0.6) is 0 Å². The summed E-state index contributed by atoms with van der Waals surface area (Å²) in [5.74, 6) is 0.805. The molecule has 3 heteroatoms. The van der Waals surface area contributed by atoms with Gasteiger partial charge in [-0.25, -0.2) is 0 Å². The van der Waals surface area contributed by atoms with Gasteiger partial charge in [-0.15, -0.1) is 11.6 Å². The highest BCUT2D eigenvalue weighted by molar-refractivity contribution is 6.17. The lowest BCUT2D eigenvalue weighted by Gasteiger charge is -2.17. The molecule has 0 bridgehead atoms. The van der Waals surface area contributed by atoms with E-state index in [-0.39, 0.29) is 5.91 Å². The maximum atomic E-state index is 12.1. The number of alkyl halides is 1. The molecule has 0 saturated carbocycles. The van der Waals surface area contributed by atoms with Crippen LogP contribution in [0.3, 0.4) is 0 Å². The number of rotatable bonds is 7. The standard InChI is InChI=1S/C15H22ClNO/c1-3-13-7-9-14(10-8-13)15(18)17(2)12-6-4-5-11-16/h7-10H,3-6,11-12H2,1-2H3. The molecule has 0 atom stereocenters. The molecule has 100 valence electrons. The third-order valence-electron chi connectivity index (χ3n) is 3.08. The molecule has 18 heavy (non-hydrogen) atoms. The molecule has 0 aliphatic heterocycles. The number of hydrogen-bond acceptors (Lipinski definition) is 1. The van der Waals surface area contributed by atoms with Gasteiger partial charge in [0.25, 0.3) is 5.91 Å². The number of aryl methyl sites for hydroxylation is 1. The van der Waals surface area contributed by atoms with Crippen LogP contribution in [0.15, 0.2) is 24.3 Å². The topological polar surface area (TPSA) is 20.3 Å². The highest BCUT2D eigenvalue weighted by Crippen LogP contribution is 2.08. The van der Waals surface area contributed by atoms with Crippen molar-refractivity contribution in [1.29, 1.82) is 0 Å². The number of hydrogen-bond donors (Lipinski definition) is 0. The van der Waals surface area contributed by atoms with E-state index in [1.54, 1.807) is 4.90 Å². The Kier molecular flexibility index (Phi) is 6.81. The SMILES string of the molecule is CCc1ccc(C(=O)N(C)CCCCCCl)cc1. The summed E-state index contributed by atoms with van der Waals surface area (Å²) in [6, 6.07) is 7.87. The summed E-state index contributed by atoms with van der Waals surface area (Å²) in [6.45, 7) is 2.91. The molecule has 0 aliphatic rings. The minimum atomic E-state index is 0.100. The predicted molar refractivity (Wildman–Crippen MR) is 77.4 cm³/mol. The van der Waals surface area contributed by atoms with Gasteiger partial charge >= 0.3 is 0 Å². The van der Waals surface area contributed by atoms with Gasteiger partial charge in [0.05, 0.1) is 0 Å². The highest BCUT2D eigenvalue weighted by Gasteiger charge is 2.10. The lowest BCUT2D eigenvalue weighted by atomic mass is 10.1. The monoisotopic (exact) mass is 267 g/mol. The fourth-order valence-corrected chi connectivity index (χ4v) is 2.01. The van der Waals surface area contributed by atoms with Crippen molar-refractivity contribution >= 4 is 17.5 Å². The molecule has 0 aromatic heterocycles. The molecule has 0 saturated heterocycles. The second-order valence-electron chi connectivity index (χ2n) is 4.53.